The van der Waals surface area contributed by atoms with Gasteiger partial charge in [-0.3, -0.25) is 13.9 Å². The molecule has 0 aliphatic heterocycles. The molecule has 3 aromatic rings. The third-order valence-electron chi connectivity index (χ3n) is 6.66. The van der Waals surface area contributed by atoms with Crippen LogP contribution in [0.3, 0.4) is 0 Å². The summed E-state index contributed by atoms with van der Waals surface area (Å²) in [5.41, 5.74) is 1.91. The highest BCUT2D eigenvalue weighted by atomic mass is 35.5. The summed E-state index contributed by atoms with van der Waals surface area (Å²) in [4.78, 5) is 28.5. The van der Waals surface area contributed by atoms with Crippen LogP contribution < -0.4 is 14.4 Å². The van der Waals surface area contributed by atoms with Crippen molar-refractivity contribution >= 4 is 39.1 Å². The van der Waals surface area contributed by atoms with Gasteiger partial charge in [-0.1, -0.05) is 54.4 Å². The van der Waals surface area contributed by atoms with Gasteiger partial charge in [-0.25, -0.2) is 8.42 Å². The normalized spacial score (nSPS) is 12.8. The summed E-state index contributed by atoms with van der Waals surface area (Å²) in [7, 11) is -2.68. The van der Waals surface area contributed by atoms with Crippen molar-refractivity contribution in [1.82, 2.24) is 10.2 Å². The van der Waals surface area contributed by atoms with Crippen LogP contribution in [0.25, 0.3) is 0 Å². The first kappa shape index (κ1) is 31.0. The van der Waals surface area contributed by atoms with E-state index in [2.05, 4.69) is 5.32 Å². The summed E-state index contributed by atoms with van der Waals surface area (Å²) in [6.07, 6.45) is 0.724. The summed E-state index contributed by atoms with van der Waals surface area (Å²) >= 11 is 6.05. The number of sulfonamides is 1. The molecule has 0 bridgehead atoms. The molecule has 214 valence electrons. The SMILES string of the molecule is CC[C@@H](C)NC(=O)[C@@H](C)N(Cc1ccc(Cl)cc1)C(=O)CN(c1cccc(OC)c1)S(=O)(=O)c1ccc(C)cc1. The number of halogens is 1. The van der Waals surface area contributed by atoms with E-state index in [-0.39, 0.29) is 29.1 Å². The highest BCUT2D eigenvalue weighted by molar-refractivity contribution is 7.92. The molecule has 10 heteroatoms. The van der Waals surface area contributed by atoms with E-state index in [1.807, 2.05) is 20.8 Å². The molecule has 0 radical (unpaired) electrons. The third-order valence-corrected chi connectivity index (χ3v) is 8.70. The van der Waals surface area contributed by atoms with Crippen molar-refractivity contribution in [3.8, 4) is 5.75 Å². The van der Waals surface area contributed by atoms with Crippen LogP contribution in [0.2, 0.25) is 5.02 Å². The number of hydrogen-bond acceptors (Lipinski definition) is 5. The van der Waals surface area contributed by atoms with Crippen molar-refractivity contribution in [1.29, 1.82) is 0 Å². The summed E-state index contributed by atoms with van der Waals surface area (Å²) in [5, 5.41) is 3.46. The van der Waals surface area contributed by atoms with Crippen molar-refractivity contribution < 1.29 is 22.7 Å². The fraction of sp³-hybridized carbons (Fsp3) is 0.333. The molecule has 0 aliphatic rings. The Morgan fingerprint density at radius 1 is 1.00 bits per heavy atom. The zero-order valence-corrected chi connectivity index (χ0v) is 25.0. The Kier molecular flexibility index (Phi) is 10.6. The summed E-state index contributed by atoms with van der Waals surface area (Å²) in [6, 6.07) is 18.9. The van der Waals surface area contributed by atoms with E-state index in [1.165, 1.54) is 24.1 Å². The molecule has 0 saturated carbocycles. The maximum absolute atomic E-state index is 14.0. The minimum Gasteiger partial charge on any atom is -0.497 e. The number of methoxy groups -OCH3 is 1. The van der Waals surface area contributed by atoms with Gasteiger partial charge >= 0.3 is 0 Å². The average molecular weight is 586 g/mol. The van der Waals surface area contributed by atoms with Gasteiger partial charge in [0, 0.05) is 23.7 Å². The van der Waals surface area contributed by atoms with Crippen LogP contribution in [0.15, 0.2) is 77.7 Å². The van der Waals surface area contributed by atoms with Gasteiger partial charge < -0.3 is 15.0 Å². The first-order chi connectivity index (χ1) is 19.0. The minimum atomic E-state index is -4.16. The Balaban J connectivity index is 2.04. The van der Waals surface area contributed by atoms with Crippen molar-refractivity contribution in [2.75, 3.05) is 18.0 Å². The predicted molar refractivity (Wildman–Crippen MR) is 158 cm³/mol. The van der Waals surface area contributed by atoms with E-state index >= 15 is 0 Å². The van der Waals surface area contributed by atoms with Crippen molar-refractivity contribution in [3.05, 3.63) is 88.9 Å². The van der Waals surface area contributed by atoms with Crippen molar-refractivity contribution in [2.24, 2.45) is 0 Å². The zero-order valence-electron chi connectivity index (χ0n) is 23.4. The second-order valence-electron chi connectivity index (χ2n) is 9.67. The van der Waals surface area contributed by atoms with Crippen molar-refractivity contribution in [3.63, 3.8) is 0 Å². The second-order valence-corrected chi connectivity index (χ2v) is 12.0. The zero-order chi connectivity index (χ0) is 29.4. The Morgan fingerprint density at radius 2 is 1.65 bits per heavy atom. The van der Waals surface area contributed by atoms with Crippen LogP contribution >= 0.6 is 11.6 Å². The molecule has 0 aliphatic carbocycles. The van der Waals surface area contributed by atoms with Gasteiger partial charge in [0.25, 0.3) is 10.0 Å². The van der Waals surface area contributed by atoms with E-state index in [0.717, 1.165) is 21.9 Å². The van der Waals surface area contributed by atoms with Gasteiger partial charge in [0.15, 0.2) is 0 Å². The summed E-state index contributed by atoms with van der Waals surface area (Å²) in [5.74, 6) is -0.431. The lowest BCUT2D eigenvalue weighted by atomic mass is 10.1. The fourth-order valence-electron chi connectivity index (χ4n) is 3.97. The van der Waals surface area contributed by atoms with Crippen molar-refractivity contribution in [2.45, 2.75) is 57.6 Å². The van der Waals surface area contributed by atoms with Crippen LogP contribution in [0.1, 0.15) is 38.3 Å². The largest absolute Gasteiger partial charge is 0.497 e. The molecule has 2 atom stereocenters. The van der Waals surface area contributed by atoms with Gasteiger partial charge in [0.05, 0.1) is 17.7 Å². The first-order valence-corrected chi connectivity index (χ1v) is 14.9. The van der Waals surface area contributed by atoms with Crippen LogP contribution in [0, 0.1) is 6.92 Å². The number of carbonyl (C=O) groups is 2. The number of anilines is 1. The first-order valence-electron chi connectivity index (χ1n) is 13.0. The van der Waals surface area contributed by atoms with Gasteiger partial charge in [-0.2, -0.15) is 0 Å². The molecule has 40 heavy (non-hydrogen) atoms. The number of ether oxygens (including phenoxy) is 1. The number of benzene rings is 3. The van der Waals surface area contributed by atoms with Crippen LogP contribution in [0.4, 0.5) is 5.69 Å². The Bertz CT molecular complexity index is 1410. The topological polar surface area (TPSA) is 96.0 Å². The standard InChI is InChI=1S/C30H36ClN3O5S/c1-6-22(3)32-30(36)23(4)33(19-24-12-14-25(31)15-13-24)29(35)20-34(26-8-7-9-27(18-26)39-5)40(37,38)28-16-10-21(2)11-17-28/h7-18,22-23H,6,19-20H2,1-5H3,(H,32,36)/t22-,23-/m1/s1. The average Bonchev–Trinajstić information content (AvgIpc) is 2.95. The molecule has 0 fully saturated rings. The van der Waals surface area contributed by atoms with Gasteiger partial charge in [-0.05, 0) is 69.2 Å². The minimum absolute atomic E-state index is 0.0422. The molecule has 3 aromatic carbocycles. The van der Waals surface area contributed by atoms with Crippen LogP contribution in [-0.4, -0.2) is 50.9 Å². The molecule has 0 unspecified atom stereocenters. The lowest BCUT2D eigenvalue weighted by molar-refractivity contribution is -0.139. The van der Waals surface area contributed by atoms with Gasteiger partial charge in [-0.15, -0.1) is 0 Å². The Morgan fingerprint density at radius 3 is 2.25 bits per heavy atom. The van der Waals surface area contributed by atoms with E-state index in [9.17, 15) is 18.0 Å². The summed E-state index contributed by atoms with van der Waals surface area (Å²) in [6.45, 7) is 6.89. The van der Waals surface area contributed by atoms with Gasteiger partial charge in [0.1, 0.15) is 18.3 Å². The molecule has 8 nitrogen and oxygen atoms in total. The molecular weight excluding hydrogens is 550 g/mol. The highest BCUT2D eigenvalue weighted by Gasteiger charge is 2.33. The number of nitrogens with one attached hydrogen (secondary N) is 1. The monoisotopic (exact) mass is 585 g/mol. The number of aryl methyl sites for hydroxylation is 1. The maximum Gasteiger partial charge on any atom is 0.264 e. The Labute approximate surface area is 241 Å². The Hall–Kier alpha value is -3.56. The molecule has 0 spiro atoms. The van der Waals surface area contributed by atoms with E-state index < -0.39 is 28.5 Å². The predicted octanol–water partition coefficient (Wildman–Crippen LogP) is 5.18. The number of amides is 2. The van der Waals surface area contributed by atoms with Crippen LogP contribution in [0.5, 0.6) is 5.75 Å². The summed E-state index contributed by atoms with van der Waals surface area (Å²) < 4.78 is 34.2. The molecule has 0 saturated heterocycles. The van der Waals surface area contributed by atoms with E-state index in [1.54, 1.807) is 67.6 Å². The van der Waals surface area contributed by atoms with Gasteiger partial charge in [0.2, 0.25) is 11.8 Å². The molecule has 2 amide bonds. The number of carbonyl (C=O) groups excluding carboxylic acids is 2. The third kappa shape index (κ3) is 7.76. The second kappa shape index (κ2) is 13.7. The number of rotatable bonds is 12. The smallest absolute Gasteiger partial charge is 0.264 e. The molecule has 0 aromatic heterocycles. The van der Waals surface area contributed by atoms with Crippen LogP contribution in [-0.2, 0) is 26.2 Å². The fourth-order valence-corrected chi connectivity index (χ4v) is 5.50. The lowest BCUT2D eigenvalue weighted by Gasteiger charge is -2.32. The maximum atomic E-state index is 14.0. The molecular formula is C30H36ClN3O5S. The van der Waals surface area contributed by atoms with E-state index in [4.69, 9.17) is 16.3 Å². The molecule has 0 heterocycles. The lowest BCUT2D eigenvalue weighted by Crippen LogP contribution is -2.52. The highest BCUT2D eigenvalue weighted by Crippen LogP contribution is 2.28. The number of nitrogens with zero attached hydrogens (tertiary/aromatic N) is 2. The molecule has 3 rings (SSSR count). The number of hydrogen-bond donors (Lipinski definition) is 1. The van der Waals surface area contributed by atoms with E-state index in [0.29, 0.717) is 10.8 Å². The quantitative estimate of drug-likeness (QED) is 0.316. The molecule has 1 N–H and O–H groups in total.